The molecule has 1 aliphatic rings. The molecule has 8 nitrogen and oxygen atoms in total. The smallest absolute Gasteiger partial charge is 0.376 e. The molecule has 8 heteroatoms. The van der Waals surface area contributed by atoms with Gasteiger partial charge in [0.2, 0.25) is 5.91 Å². The first-order valence-corrected chi connectivity index (χ1v) is 5.71. The lowest BCUT2D eigenvalue weighted by Gasteiger charge is -2.09. The van der Waals surface area contributed by atoms with Crippen molar-refractivity contribution in [2.45, 2.75) is 25.5 Å². The zero-order chi connectivity index (χ0) is 13.0. The number of aromatic nitrogens is 2. The van der Waals surface area contributed by atoms with Crippen molar-refractivity contribution in [1.82, 2.24) is 15.1 Å². The lowest BCUT2D eigenvalue weighted by atomic mass is 10.2. The number of nitrogens with zero attached hydrogens (tertiary/aromatic N) is 3. The molecule has 1 amide bonds. The maximum absolute atomic E-state index is 11.6. The number of amides is 1. The van der Waals surface area contributed by atoms with Gasteiger partial charge in [-0.05, 0) is 17.8 Å². The molecule has 18 heavy (non-hydrogen) atoms. The minimum absolute atomic E-state index is 0.0272. The Hall–Kier alpha value is -1.96. The van der Waals surface area contributed by atoms with Crippen molar-refractivity contribution in [3.8, 4) is 0 Å². The van der Waals surface area contributed by atoms with Crippen LogP contribution in [0.4, 0.5) is 5.82 Å². The van der Waals surface area contributed by atoms with Gasteiger partial charge >= 0.3 is 5.82 Å². The number of nitro groups is 1. The van der Waals surface area contributed by atoms with Crippen molar-refractivity contribution in [1.29, 1.82) is 0 Å². The van der Waals surface area contributed by atoms with Crippen LogP contribution in [0.1, 0.15) is 12.8 Å². The third-order valence-electron chi connectivity index (χ3n) is 2.67. The van der Waals surface area contributed by atoms with E-state index in [9.17, 15) is 14.9 Å². The summed E-state index contributed by atoms with van der Waals surface area (Å²) in [5.41, 5.74) is 0. The van der Waals surface area contributed by atoms with Crippen LogP contribution in [-0.2, 0) is 16.1 Å². The van der Waals surface area contributed by atoms with Crippen molar-refractivity contribution in [3.05, 3.63) is 22.4 Å². The van der Waals surface area contributed by atoms with Crippen molar-refractivity contribution < 1.29 is 14.5 Å². The number of ether oxygens (including phenoxy) is 1. The molecule has 0 aliphatic carbocycles. The lowest BCUT2D eigenvalue weighted by molar-refractivity contribution is -0.389. The van der Waals surface area contributed by atoms with E-state index < -0.39 is 4.92 Å². The molecular weight excluding hydrogens is 240 g/mol. The van der Waals surface area contributed by atoms with E-state index in [1.54, 1.807) is 0 Å². The fourth-order valence-corrected chi connectivity index (χ4v) is 1.77. The van der Waals surface area contributed by atoms with Gasteiger partial charge in [0.05, 0.1) is 23.5 Å². The fourth-order valence-electron chi connectivity index (χ4n) is 1.77. The molecule has 1 aromatic rings. The summed E-state index contributed by atoms with van der Waals surface area (Å²) in [6.07, 6.45) is 3.46. The van der Waals surface area contributed by atoms with E-state index in [0.29, 0.717) is 6.54 Å². The van der Waals surface area contributed by atoms with E-state index in [0.717, 1.165) is 19.4 Å². The van der Waals surface area contributed by atoms with Gasteiger partial charge in [-0.1, -0.05) is 0 Å². The Bertz CT molecular complexity index is 439. The summed E-state index contributed by atoms with van der Waals surface area (Å²) in [6, 6.07) is 1.26. The van der Waals surface area contributed by atoms with Gasteiger partial charge in [0.1, 0.15) is 6.54 Å². The SMILES string of the molecule is O=C(Cn1ccc([N+](=O)[O-])n1)NC[C@@H]1CCCO1. The first-order chi connectivity index (χ1) is 8.65. The summed E-state index contributed by atoms with van der Waals surface area (Å²) in [5.74, 6) is -0.495. The van der Waals surface area contributed by atoms with Crippen LogP contribution in [0.3, 0.4) is 0 Å². The van der Waals surface area contributed by atoms with Crippen molar-refractivity contribution >= 4 is 11.7 Å². The molecule has 1 fully saturated rings. The zero-order valence-electron chi connectivity index (χ0n) is 9.74. The molecule has 0 spiro atoms. The average molecular weight is 254 g/mol. The molecular formula is C10H14N4O4. The topological polar surface area (TPSA) is 99.3 Å². The summed E-state index contributed by atoms with van der Waals surface area (Å²) in [6.45, 7) is 1.19. The largest absolute Gasteiger partial charge is 0.389 e. The highest BCUT2D eigenvalue weighted by atomic mass is 16.6. The van der Waals surface area contributed by atoms with E-state index in [1.165, 1.54) is 16.9 Å². The molecule has 0 aromatic carbocycles. The zero-order valence-corrected chi connectivity index (χ0v) is 9.74. The fraction of sp³-hybridized carbons (Fsp3) is 0.600. The van der Waals surface area contributed by atoms with Crippen LogP contribution < -0.4 is 5.32 Å². The Balaban J connectivity index is 1.77. The number of carbonyl (C=O) groups is 1. The van der Waals surface area contributed by atoms with Gasteiger partial charge in [-0.2, -0.15) is 4.68 Å². The van der Waals surface area contributed by atoms with E-state index in [4.69, 9.17) is 4.74 Å². The van der Waals surface area contributed by atoms with Gasteiger partial charge in [0.15, 0.2) is 0 Å². The second-order valence-electron chi connectivity index (χ2n) is 4.07. The van der Waals surface area contributed by atoms with Gasteiger partial charge in [-0.25, -0.2) is 0 Å². The van der Waals surface area contributed by atoms with Crippen LogP contribution in [0.15, 0.2) is 12.3 Å². The normalized spacial score (nSPS) is 18.8. The number of carbonyl (C=O) groups excluding carboxylic acids is 1. The quantitative estimate of drug-likeness (QED) is 0.592. The van der Waals surface area contributed by atoms with E-state index in [-0.39, 0.29) is 24.4 Å². The van der Waals surface area contributed by atoms with Crippen LogP contribution >= 0.6 is 0 Å². The first kappa shape index (κ1) is 12.5. The summed E-state index contributed by atoms with van der Waals surface area (Å²) in [5, 5.41) is 16.8. The second-order valence-corrected chi connectivity index (χ2v) is 4.07. The van der Waals surface area contributed by atoms with Crippen LogP contribution in [0.5, 0.6) is 0 Å². The number of rotatable bonds is 5. The molecule has 1 N–H and O–H groups in total. The first-order valence-electron chi connectivity index (χ1n) is 5.71. The minimum atomic E-state index is -0.596. The maximum Gasteiger partial charge on any atom is 0.389 e. The predicted molar refractivity (Wildman–Crippen MR) is 60.9 cm³/mol. The van der Waals surface area contributed by atoms with E-state index >= 15 is 0 Å². The molecule has 1 saturated heterocycles. The molecule has 1 atom stereocenters. The summed E-state index contributed by atoms with van der Waals surface area (Å²) in [4.78, 5) is 21.4. The Kier molecular flexibility index (Phi) is 3.88. The number of hydrogen-bond donors (Lipinski definition) is 1. The van der Waals surface area contributed by atoms with Crippen molar-refractivity contribution in [2.24, 2.45) is 0 Å². The van der Waals surface area contributed by atoms with Crippen LogP contribution in [0, 0.1) is 10.1 Å². The molecule has 2 rings (SSSR count). The van der Waals surface area contributed by atoms with Gasteiger partial charge in [0.25, 0.3) is 0 Å². The second kappa shape index (κ2) is 5.58. The molecule has 0 bridgehead atoms. The Labute approximate surface area is 103 Å². The molecule has 0 unspecified atom stereocenters. The lowest BCUT2D eigenvalue weighted by Crippen LogP contribution is -2.34. The highest BCUT2D eigenvalue weighted by molar-refractivity contribution is 5.75. The van der Waals surface area contributed by atoms with Crippen LogP contribution in [0.25, 0.3) is 0 Å². The highest BCUT2D eigenvalue weighted by Gasteiger charge is 2.17. The Morgan fingerprint density at radius 1 is 1.72 bits per heavy atom. The Morgan fingerprint density at radius 2 is 2.56 bits per heavy atom. The summed E-state index contributed by atoms with van der Waals surface area (Å²) in [7, 11) is 0. The van der Waals surface area contributed by atoms with Crippen LogP contribution in [0.2, 0.25) is 0 Å². The van der Waals surface area contributed by atoms with Crippen molar-refractivity contribution in [3.63, 3.8) is 0 Å². The van der Waals surface area contributed by atoms with Crippen molar-refractivity contribution in [2.75, 3.05) is 13.2 Å². The summed E-state index contributed by atoms with van der Waals surface area (Å²) >= 11 is 0. The Morgan fingerprint density at radius 3 is 3.17 bits per heavy atom. The minimum Gasteiger partial charge on any atom is -0.376 e. The third-order valence-corrected chi connectivity index (χ3v) is 2.67. The monoisotopic (exact) mass is 254 g/mol. The number of nitrogens with one attached hydrogen (secondary N) is 1. The van der Waals surface area contributed by atoms with E-state index in [2.05, 4.69) is 10.4 Å². The predicted octanol–water partition coefficient (Wildman–Crippen LogP) is 0.0865. The highest BCUT2D eigenvalue weighted by Crippen LogP contribution is 2.10. The summed E-state index contributed by atoms with van der Waals surface area (Å²) < 4.78 is 6.60. The van der Waals surface area contributed by atoms with E-state index in [1.807, 2.05) is 0 Å². The van der Waals surface area contributed by atoms with Crippen LogP contribution in [-0.4, -0.2) is 39.9 Å². The van der Waals surface area contributed by atoms with Gasteiger partial charge < -0.3 is 20.2 Å². The molecule has 1 aliphatic heterocycles. The number of hydrogen-bond acceptors (Lipinski definition) is 5. The molecule has 98 valence electrons. The molecule has 0 radical (unpaired) electrons. The average Bonchev–Trinajstić information content (AvgIpc) is 2.96. The third kappa shape index (κ3) is 3.27. The standard InChI is InChI=1S/C10H14N4O4/c15-10(11-6-8-2-1-5-18-8)7-13-4-3-9(12-13)14(16)17/h3-4,8H,1-2,5-7H2,(H,11,15)/t8-/m0/s1. The maximum atomic E-state index is 11.6. The van der Waals surface area contributed by atoms with Gasteiger partial charge in [0, 0.05) is 13.2 Å². The molecule has 2 heterocycles. The molecule has 1 aromatic heterocycles. The van der Waals surface area contributed by atoms with Gasteiger partial charge in [-0.15, -0.1) is 0 Å². The molecule has 0 saturated carbocycles. The van der Waals surface area contributed by atoms with Gasteiger partial charge in [-0.3, -0.25) is 4.79 Å².